The van der Waals surface area contributed by atoms with Gasteiger partial charge in [-0.05, 0) is 31.1 Å². The van der Waals surface area contributed by atoms with Gasteiger partial charge in [0, 0.05) is 0 Å². The molecule has 0 fully saturated rings. The fourth-order valence-electron chi connectivity index (χ4n) is 1.37. The van der Waals surface area contributed by atoms with Crippen LogP contribution in [0, 0.1) is 0 Å². The number of hydrogen-bond acceptors (Lipinski definition) is 2. The summed E-state index contributed by atoms with van der Waals surface area (Å²) in [7, 11) is 0. The van der Waals surface area contributed by atoms with E-state index in [4.69, 9.17) is 10.5 Å². The molecule has 0 amide bonds. The van der Waals surface area contributed by atoms with E-state index in [9.17, 15) is 0 Å². The molecule has 72 valence electrons. The van der Waals surface area contributed by atoms with Crippen LogP contribution in [0.5, 0.6) is 5.75 Å². The molecule has 1 aliphatic rings. The summed E-state index contributed by atoms with van der Waals surface area (Å²) in [6.07, 6.45) is 5.91. The minimum absolute atomic E-state index is 0.780. The summed E-state index contributed by atoms with van der Waals surface area (Å²) in [6, 6.07) is 9.68. The van der Waals surface area contributed by atoms with Crippen LogP contribution < -0.4 is 10.5 Å². The molecule has 0 radical (unpaired) electrons. The van der Waals surface area contributed by atoms with Crippen molar-refractivity contribution in [2.24, 2.45) is 5.73 Å². The molecule has 2 N–H and O–H groups in total. The van der Waals surface area contributed by atoms with Crippen molar-refractivity contribution in [3.63, 3.8) is 0 Å². The van der Waals surface area contributed by atoms with Crippen molar-refractivity contribution in [2.45, 2.75) is 12.8 Å². The Morgan fingerprint density at radius 1 is 1.14 bits per heavy atom. The maximum absolute atomic E-state index is 5.83. The zero-order chi connectivity index (χ0) is 9.80. The third-order valence-electron chi connectivity index (χ3n) is 2.14. The maximum Gasteiger partial charge on any atom is 0.145 e. The van der Waals surface area contributed by atoms with E-state index in [0.29, 0.717) is 0 Å². The van der Waals surface area contributed by atoms with Crippen molar-refractivity contribution in [1.82, 2.24) is 0 Å². The van der Waals surface area contributed by atoms with E-state index >= 15 is 0 Å². The van der Waals surface area contributed by atoms with Gasteiger partial charge in [0.15, 0.2) is 0 Å². The van der Waals surface area contributed by atoms with Crippen LogP contribution in [0.15, 0.2) is 53.9 Å². The highest BCUT2D eigenvalue weighted by Gasteiger charge is 2.06. The summed E-state index contributed by atoms with van der Waals surface area (Å²) in [5, 5.41) is 0. The molecule has 0 saturated heterocycles. The van der Waals surface area contributed by atoms with Gasteiger partial charge in [0.25, 0.3) is 0 Å². The Balaban J connectivity index is 2.15. The fourth-order valence-corrected chi connectivity index (χ4v) is 1.37. The normalized spacial score (nSPS) is 15.7. The van der Waals surface area contributed by atoms with Gasteiger partial charge < -0.3 is 10.5 Å². The van der Waals surface area contributed by atoms with Gasteiger partial charge >= 0.3 is 0 Å². The number of hydrogen-bond donors (Lipinski definition) is 1. The quantitative estimate of drug-likeness (QED) is 0.772. The standard InChI is InChI=1S/C12H13NO/c13-11-8-4-5-9-12(11)14-10-6-2-1-3-7-10/h1-3,5-7,9H,4,8,13H2. The highest BCUT2D eigenvalue weighted by atomic mass is 16.5. The molecule has 0 aliphatic heterocycles. The fraction of sp³-hybridized carbons (Fsp3) is 0.167. The molecule has 0 atom stereocenters. The van der Waals surface area contributed by atoms with Crippen LogP contribution in [-0.2, 0) is 0 Å². The average molecular weight is 187 g/mol. The Hall–Kier alpha value is -1.70. The Bertz CT molecular complexity index is 365. The monoisotopic (exact) mass is 187 g/mol. The minimum atomic E-state index is 0.780. The molecule has 2 heteroatoms. The summed E-state index contributed by atoms with van der Waals surface area (Å²) in [4.78, 5) is 0. The number of para-hydroxylation sites is 1. The lowest BCUT2D eigenvalue weighted by Gasteiger charge is -2.12. The van der Waals surface area contributed by atoms with E-state index in [1.54, 1.807) is 0 Å². The molecule has 0 spiro atoms. The van der Waals surface area contributed by atoms with Gasteiger partial charge in [-0.25, -0.2) is 0 Å². The van der Waals surface area contributed by atoms with Gasteiger partial charge in [-0.15, -0.1) is 0 Å². The second-order valence-electron chi connectivity index (χ2n) is 3.25. The van der Waals surface area contributed by atoms with Gasteiger partial charge in [0.2, 0.25) is 0 Å². The lowest BCUT2D eigenvalue weighted by Crippen LogP contribution is -2.08. The maximum atomic E-state index is 5.83. The molecule has 0 bridgehead atoms. The van der Waals surface area contributed by atoms with Crippen LogP contribution in [-0.4, -0.2) is 0 Å². The van der Waals surface area contributed by atoms with Crippen molar-refractivity contribution in [3.05, 3.63) is 53.9 Å². The first-order chi connectivity index (χ1) is 6.86. The smallest absolute Gasteiger partial charge is 0.145 e. The molecule has 1 aromatic carbocycles. The van der Waals surface area contributed by atoms with E-state index in [-0.39, 0.29) is 0 Å². The molecule has 14 heavy (non-hydrogen) atoms. The topological polar surface area (TPSA) is 35.2 Å². The predicted octanol–water partition coefficient (Wildman–Crippen LogP) is 2.59. The Kier molecular flexibility index (Phi) is 2.54. The van der Waals surface area contributed by atoms with Crippen molar-refractivity contribution >= 4 is 0 Å². The van der Waals surface area contributed by atoms with Crippen molar-refractivity contribution in [3.8, 4) is 5.75 Å². The largest absolute Gasteiger partial charge is 0.456 e. The first-order valence-corrected chi connectivity index (χ1v) is 4.74. The summed E-state index contributed by atoms with van der Waals surface area (Å²) < 4.78 is 5.64. The van der Waals surface area contributed by atoms with Crippen molar-refractivity contribution < 1.29 is 4.74 Å². The molecular weight excluding hydrogens is 174 g/mol. The molecule has 0 unspecified atom stereocenters. The first kappa shape index (κ1) is 8.88. The highest BCUT2D eigenvalue weighted by Crippen LogP contribution is 2.19. The van der Waals surface area contributed by atoms with E-state index < -0.39 is 0 Å². The predicted molar refractivity (Wildman–Crippen MR) is 56.7 cm³/mol. The molecule has 0 saturated carbocycles. The Labute approximate surface area is 83.7 Å². The van der Waals surface area contributed by atoms with Crippen LogP contribution in [0.4, 0.5) is 0 Å². The van der Waals surface area contributed by atoms with Crippen molar-refractivity contribution in [1.29, 1.82) is 0 Å². The average Bonchev–Trinajstić information content (AvgIpc) is 2.23. The third-order valence-corrected chi connectivity index (χ3v) is 2.14. The second kappa shape index (κ2) is 4.01. The second-order valence-corrected chi connectivity index (χ2v) is 3.25. The molecule has 1 aromatic rings. The molecule has 2 rings (SSSR count). The van der Waals surface area contributed by atoms with Crippen LogP contribution in [0.3, 0.4) is 0 Å². The van der Waals surface area contributed by atoms with E-state index in [1.165, 1.54) is 0 Å². The van der Waals surface area contributed by atoms with E-state index in [1.807, 2.05) is 36.4 Å². The van der Waals surface area contributed by atoms with E-state index in [2.05, 4.69) is 6.08 Å². The number of benzene rings is 1. The summed E-state index contributed by atoms with van der Waals surface area (Å²) in [5.41, 5.74) is 6.66. The molecule has 2 nitrogen and oxygen atoms in total. The number of rotatable bonds is 2. The minimum Gasteiger partial charge on any atom is -0.456 e. The summed E-state index contributed by atoms with van der Waals surface area (Å²) in [6.45, 7) is 0. The molecule has 1 aliphatic carbocycles. The summed E-state index contributed by atoms with van der Waals surface area (Å²) in [5.74, 6) is 1.61. The van der Waals surface area contributed by atoms with Gasteiger partial charge in [0.1, 0.15) is 11.5 Å². The van der Waals surface area contributed by atoms with E-state index in [0.717, 1.165) is 30.0 Å². The van der Waals surface area contributed by atoms with Gasteiger partial charge in [-0.3, -0.25) is 0 Å². The number of nitrogens with two attached hydrogens (primary N) is 1. The highest BCUT2D eigenvalue weighted by molar-refractivity contribution is 5.30. The van der Waals surface area contributed by atoms with Gasteiger partial charge in [-0.1, -0.05) is 24.3 Å². The zero-order valence-corrected chi connectivity index (χ0v) is 7.94. The lowest BCUT2D eigenvalue weighted by atomic mass is 10.1. The van der Waals surface area contributed by atoms with Gasteiger partial charge in [0.05, 0.1) is 5.70 Å². The zero-order valence-electron chi connectivity index (χ0n) is 7.94. The van der Waals surface area contributed by atoms with Crippen LogP contribution >= 0.6 is 0 Å². The Morgan fingerprint density at radius 2 is 1.93 bits per heavy atom. The van der Waals surface area contributed by atoms with Crippen molar-refractivity contribution in [2.75, 3.05) is 0 Å². The third kappa shape index (κ3) is 1.96. The molecule has 0 aromatic heterocycles. The number of ether oxygens (including phenoxy) is 1. The number of allylic oxidation sites excluding steroid dienone is 3. The van der Waals surface area contributed by atoms with Crippen LogP contribution in [0.25, 0.3) is 0 Å². The lowest BCUT2D eigenvalue weighted by molar-refractivity contribution is 0.431. The Morgan fingerprint density at radius 3 is 2.64 bits per heavy atom. The van der Waals surface area contributed by atoms with Crippen LogP contribution in [0.1, 0.15) is 12.8 Å². The summed E-state index contributed by atoms with van der Waals surface area (Å²) >= 11 is 0. The van der Waals surface area contributed by atoms with Gasteiger partial charge in [-0.2, -0.15) is 0 Å². The SMILES string of the molecule is NC1=C(Oc2ccccc2)C=CCC1. The first-order valence-electron chi connectivity index (χ1n) is 4.74. The molecule has 0 heterocycles. The van der Waals surface area contributed by atoms with Crippen LogP contribution in [0.2, 0.25) is 0 Å². The molecular formula is C12H13NO.